The number of benzene rings is 8. The van der Waals surface area contributed by atoms with Gasteiger partial charge in [0.15, 0.2) is 64.2 Å². The van der Waals surface area contributed by atoms with Crippen LogP contribution in [0.25, 0.3) is 27.5 Å². The number of halogens is 1. The predicted octanol–water partition coefficient (Wildman–Crippen LogP) is 14.8. The molecule has 0 spiro atoms. The topological polar surface area (TPSA) is 416 Å². The molecule has 1 aliphatic rings. The maximum absolute atomic E-state index is 13.6. The van der Waals surface area contributed by atoms with Gasteiger partial charge in [0, 0.05) is 71.6 Å². The van der Waals surface area contributed by atoms with Crippen molar-refractivity contribution in [3.05, 3.63) is 314 Å². The zero-order valence-corrected chi connectivity index (χ0v) is 69.4. The van der Waals surface area contributed by atoms with Crippen molar-refractivity contribution in [2.75, 3.05) is 12.5 Å². The quantitative estimate of drug-likeness (QED) is 0.0391. The average molecular weight is 1730 g/mol. The molecule has 0 saturated heterocycles. The summed E-state index contributed by atoms with van der Waals surface area (Å²) in [5, 5.41) is 55.1. The molecule has 4 N–H and O–H groups in total. The summed E-state index contributed by atoms with van der Waals surface area (Å²) in [4.78, 5) is 45.7. The van der Waals surface area contributed by atoms with E-state index in [0.717, 1.165) is 48.8 Å². The number of sulfone groups is 6. The van der Waals surface area contributed by atoms with Crippen LogP contribution in [0.3, 0.4) is 0 Å². The van der Waals surface area contributed by atoms with Crippen molar-refractivity contribution in [2.24, 2.45) is 0 Å². The van der Waals surface area contributed by atoms with Crippen LogP contribution in [0.2, 0.25) is 0 Å². The number of carboxylic acids is 4. The van der Waals surface area contributed by atoms with Gasteiger partial charge in [-0.25, -0.2) is 69.7 Å². The van der Waals surface area contributed by atoms with Crippen molar-refractivity contribution in [1.82, 2.24) is 13.7 Å². The van der Waals surface area contributed by atoms with E-state index in [1.54, 1.807) is 125 Å². The summed E-state index contributed by atoms with van der Waals surface area (Å²) in [5.74, 6) is -6.38. The van der Waals surface area contributed by atoms with Gasteiger partial charge in [0.05, 0.1) is 97.9 Å². The fourth-order valence-corrected chi connectivity index (χ4v) is 21.9. The van der Waals surface area contributed by atoms with Gasteiger partial charge in [-0.15, -0.1) is 11.3 Å². The van der Waals surface area contributed by atoms with Crippen LogP contribution in [0.4, 0.5) is 4.39 Å². The Morgan fingerprint density at radius 1 is 0.390 bits per heavy atom. The molecule has 13 rings (SSSR count). The van der Waals surface area contributed by atoms with Crippen LogP contribution in [0.1, 0.15) is 137 Å². The molecule has 33 heteroatoms. The first-order chi connectivity index (χ1) is 55.7. The lowest BCUT2D eigenvalue weighted by atomic mass is 10.1. The lowest BCUT2D eigenvalue weighted by Crippen LogP contribution is -2.12. The van der Waals surface area contributed by atoms with Crippen molar-refractivity contribution in [1.29, 1.82) is 10.5 Å². The molecule has 0 unspecified atom stereocenters. The summed E-state index contributed by atoms with van der Waals surface area (Å²) in [6, 6.07) is 52.3. The second-order valence-corrected chi connectivity index (χ2v) is 40.1. The molecule has 0 atom stereocenters. The van der Waals surface area contributed by atoms with E-state index in [2.05, 4.69) is 0 Å². The Morgan fingerprint density at radius 2 is 0.703 bits per heavy atom. The van der Waals surface area contributed by atoms with Gasteiger partial charge in [0.2, 0.25) is 0 Å². The first-order valence-corrected chi connectivity index (χ1v) is 47.1. The average Bonchev–Trinajstić information content (AvgIpc) is 1.40. The number of aromatic carboxylic acids is 4. The number of rotatable bonds is 26. The lowest BCUT2D eigenvalue weighted by molar-refractivity contribution is 0.0685. The van der Waals surface area contributed by atoms with Gasteiger partial charge < -0.3 is 34.1 Å². The molecule has 12 aromatic rings. The number of nitriles is 2. The number of hydrogen-bond donors (Lipinski definition) is 4. The highest BCUT2D eigenvalue weighted by atomic mass is 32.2. The Hall–Kier alpha value is -12.2. The number of carbonyl (C=O) groups is 4. The second kappa shape index (κ2) is 36.5. The van der Waals surface area contributed by atoms with E-state index < -0.39 is 99.5 Å². The van der Waals surface area contributed by atoms with E-state index in [1.807, 2.05) is 43.3 Å². The number of aromatic nitrogens is 3. The van der Waals surface area contributed by atoms with Crippen molar-refractivity contribution >= 4 is 94.2 Å². The molecule has 0 aliphatic heterocycles. The fraction of sp³-hybridized carbons (Fsp3) is 0.176. The van der Waals surface area contributed by atoms with Crippen LogP contribution < -0.4 is 0 Å². The molecule has 1 fully saturated rings. The third kappa shape index (κ3) is 21.3. The van der Waals surface area contributed by atoms with E-state index >= 15 is 0 Å². The van der Waals surface area contributed by atoms with E-state index in [9.17, 15) is 105 Å². The molecule has 4 aromatic heterocycles. The molecule has 8 aromatic carbocycles. The fourth-order valence-electron chi connectivity index (χ4n) is 12.9. The summed E-state index contributed by atoms with van der Waals surface area (Å²) in [5.41, 5.74) is 6.20. The third-order valence-electron chi connectivity index (χ3n) is 19.0. The van der Waals surface area contributed by atoms with E-state index in [1.165, 1.54) is 97.1 Å². The minimum atomic E-state index is -4.05. The minimum Gasteiger partial charge on any atom is -0.478 e. The van der Waals surface area contributed by atoms with Crippen molar-refractivity contribution in [2.45, 2.75) is 111 Å². The molecule has 0 radical (unpaired) electrons. The smallest absolute Gasteiger partial charge is 0.335 e. The van der Waals surface area contributed by atoms with Crippen LogP contribution in [-0.4, -0.2) is 121 Å². The molecule has 25 nitrogen and oxygen atoms in total. The molecule has 118 heavy (non-hydrogen) atoms. The van der Waals surface area contributed by atoms with Crippen molar-refractivity contribution in [3.63, 3.8) is 0 Å². The van der Waals surface area contributed by atoms with Gasteiger partial charge in [0.1, 0.15) is 0 Å². The van der Waals surface area contributed by atoms with Crippen molar-refractivity contribution < 1.29 is 94.5 Å². The van der Waals surface area contributed by atoms with Crippen LogP contribution in [-0.2, 0) is 101 Å². The third-order valence-corrected chi connectivity index (χ3v) is 29.0. The van der Waals surface area contributed by atoms with Crippen LogP contribution in [0.15, 0.2) is 261 Å². The highest BCUT2D eigenvalue weighted by Crippen LogP contribution is 2.44. The monoisotopic (exact) mass is 1730 g/mol. The number of aryl methyl sites for hydroxylation is 3. The minimum absolute atomic E-state index is 0.00992. The summed E-state index contributed by atoms with van der Waals surface area (Å²) in [7, 11) is -22.8. The summed E-state index contributed by atoms with van der Waals surface area (Å²) in [6.45, 7) is 5.35. The summed E-state index contributed by atoms with van der Waals surface area (Å²) < 4.78 is 173. The molecule has 0 amide bonds. The van der Waals surface area contributed by atoms with Gasteiger partial charge >= 0.3 is 23.9 Å². The Kier molecular flexibility index (Phi) is 27.3. The highest BCUT2D eigenvalue weighted by Gasteiger charge is 2.33. The first-order valence-electron chi connectivity index (χ1n) is 35.9. The normalized spacial score (nSPS) is 12.3. The van der Waals surface area contributed by atoms with E-state index in [-0.39, 0.29) is 74.6 Å². The Morgan fingerprint density at radius 3 is 1.03 bits per heavy atom. The predicted molar refractivity (Wildman–Crippen MR) is 440 cm³/mol. The first kappa shape index (κ1) is 88.2. The zero-order valence-electron chi connectivity index (χ0n) is 63.7. The summed E-state index contributed by atoms with van der Waals surface area (Å²) >= 11 is 0.816. The second-order valence-electron chi connectivity index (χ2n) is 27.3. The molecular formula is C85H76FN5O20S7. The van der Waals surface area contributed by atoms with E-state index in [0.29, 0.717) is 96.8 Å². The molecule has 610 valence electrons. The molecule has 1 aliphatic carbocycles. The van der Waals surface area contributed by atoms with Gasteiger partial charge in [0.25, 0.3) is 0 Å². The lowest BCUT2D eigenvalue weighted by Gasteiger charge is -2.15. The van der Waals surface area contributed by atoms with Gasteiger partial charge in [-0.1, -0.05) is 51.1 Å². The molecule has 1 saturated carbocycles. The number of carboxylic acid groups (broad SMARTS) is 4. The number of hydrogen-bond acceptors (Lipinski definition) is 19. The Bertz CT molecular complexity index is 6710. The van der Waals surface area contributed by atoms with Gasteiger partial charge in [-0.2, -0.15) is 14.9 Å². The Balaban J connectivity index is 0.000000166. The van der Waals surface area contributed by atoms with Crippen LogP contribution in [0.5, 0.6) is 0 Å². The SMILES string of the molecule is CCc1ccc(C(=O)O)cc1S(=O)(=O)Cc1cc(C#N)ccc1-n1cccc1.CCc1ccc(C(=O)O)cc1S(=O)(=O)Cc1cc(S(C)(=O)=O)ccc1-c1ccc(F)s1.CCc1ccc(C(=O)O)cc1S(=O)(=O)Cc1cc(S(C)(=O)=O)ccc1-n1cccc1.N#Cc1ccc(-n2cccc2)c(CS(=O)(=O)c2cc(C(=O)O)ccc2C2CC2)c1. The van der Waals surface area contributed by atoms with Crippen LogP contribution >= 0.6 is 11.3 Å². The number of nitrogens with zero attached hydrogens (tertiary/aromatic N) is 5. The molecule has 0 bridgehead atoms. The maximum atomic E-state index is 13.6. The van der Waals surface area contributed by atoms with Gasteiger partial charge in [-0.05, 0) is 252 Å². The van der Waals surface area contributed by atoms with Crippen molar-refractivity contribution in [3.8, 4) is 39.6 Å². The summed E-state index contributed by atoms with van der Waals surface area (Å²) in [6.07, 6.45) is 15.7. The standard InChI is InChI=1S/C22H18N2O4S.C21H19FO6S3.C21H18N2O4S.C21H21NO6S2/c23-13-15-3-8-20(24-9-1-2-10-24)18(11-15)14-29(27,28)21-12-17(22(25)26)6-7-19(21)16-4-5-16;1-3-13-4-5-14(21(23)24)11-19(13)31(27,28)12-15-10-16(30(2,25)26)6-7-17(15)18-8-9-20(22)29-18;1-2-16-6-7-17(21(24)25)12-20(16)28(26,27)14-18-11-15(13-22)5-8-19(18)23-9-3-4-10-23;1-3-15-6-7-16(21(23)24)13-20(15)30(27,28)14-17-12-18(29(2,25)26)8-9-19(17)22-10-4-5-11-22/h1-3,6-12,16H,4-5,14H2,(H,25,26);4-11H,3,12H2,1-2H3,(H,23,24);3-12H,2,14H2,1H3,(H,24,25);4-13H,3,14H2,1-2H3,(H,23,24). The maximum Gasteiger partial charge on any atom is 0.335 e. The number of thiophene rings is 1. The zero-order chi connectivity index (χ0) is 86.0. The molecular weight excluding hydrogens is 1650 g/mol. The molecule has 4 heterocycles. The Labute approximate surface area is 685 Å². The highest BCUT2D eigenvalue weighted by molar-refractivity contribution is 7.92. The van der Waals surface area contributed by atoms with E-state index in [4.69, 9.17) is 0 Å². The van der Waals surface area contributed by atoms with Crippen LogP contribution in [0, 0.1) is 27.8 Å². The van der Waals surface area contributed by atoms with Gasteiger partial charge in [-0.3, -0.25) is 0 Å². The largest absolute Gasteiger partial charge is 0.478 e.